The van der Waals surface area contributed by atoms with Gasteiger partial charge in [0.1, 0.15) is 17.6 Å². The van der Waals surface area contributed by atoms with Crippen LogP contribution in [0.2, 0.25) is 0 Å². The van der Waals surface area contributed by atoms with E-state index in [2.05, 4.69) is 15.3 Å². The summed E-state index contributed by atoms with van der Waals surface area (Å²) in [5, 5.41) is 3.68. The van der Waals surface area contributed by atoms with E-state index in [0.29, 0.717) is 17.6 Å². The quantitative estimate of drug-likeness (QED) is 0.769. The molecule has 0 bridgehead atoms. The molecule has 1 amide bonds. The van der Waals surface area contributed by atoms with E-state index in [1.165, 1.54) is 10.9 Å². The third kappa shape index (κ3) is 2.47. The highest BCUT2D eigenvalue weighted by molar-refractivity contribution is 6.04. The fourth-order valence-corrected chi connectivity index (χ4v) is 2.49. The Morgan fingerprint density at radius 3 is 3.00 bits per heavy atom. The van der Waals surface area contributed by atoms with Crippen molar-refractivity contribution in [2.75, 3.05) is 6.54 Å². The van der Waals surface area contributed by atoms with Gasteiger partial charge in [-0.25, -0.2) is 4.98 Å². The van der Waals surface area contributed by atoms with Gasteiger partial charge in [-0.05, 0) is 25.5 Å². The van der Waals surface area contributed by atoms with Crippen molar-refractivity contribution >= 4 is 27.8 Å². The zero-order valence-corrected chi connectivity index (χ0v) is 12.6. The second-order valence-corrected chi connectivity index (χ2v) is 5.43. The van der Waals surface area contributed by atoms with Gasteiger partial charge in [0.25, 0.3) is 5.56 Å². The van der Waals surface area contributed by atoms with Crippen LogP contribution in [0.1, 0.15) is 18.9 Å². The molecule has 0 aliphatic heterocycles. The zero-order valence-electron chi connectivity index (χ0n) is 12.6. The van der Waals surface area contributed by atoms with Crippen LogP contribution < -0.4 is 10.9 Å². The first-order chi connectivity index (χ1) is 10.6. The number of aryl methyl sites for hydroxylation is 1. The van der Waals surface area contributed by atoms with E-state index in [9.17, 15) is 9.59 Å². The first-order valence-corrected chi connectivity index (χ1v) is 7.34. The lowest BCUT2D eigenvalue weighted by atomic mass is 10.2. The molecule has 0 saturated heterocycles. The van der Waals surface area contributed by atoms with E-state index in [0.717, 1.165) is 22.9 Å². The largest absolute Gasteiger partial charge is 0.355 e. The number of aromatic amines is 1. The number of H-pyrrole nitrogens is 1. The molecule has 0 aliphatic carbocycles. The molecule has 2 N–H and O–H groups in total. The molecule has 6 nitrogen and oxygen atoms in total. The Bertz CT molecular complexity index is 908. The maximum Gasteiger partial charge on any atom is 0.278 e. The van der Waals surface area contributed by atoms with Crippen molar-refractivity contribution in [3.05, 3.63) is 40.4 Å². The highest BCUT2D eigenvalue weighted by Gasteiger charge is 2.12. The normalized spacial score (nSPS) is 11.2. The second kappa shape index (κ2) is 5.63. The average molecular weight is 298 g/mol. The minimum absolute atomic E-state index is 0.0177. The van der Waals surface area contributed by atoms with E-state index in [4.69, 9.17) is 0 Å². The highest BCUT2D eigenvalue weighted by Crippen LogP contribution is 2.22. The van der Waals surface area contributed by atoms with Crippen molar-refractivity contribution in [1.29, 1.82) is 0 Å². The van der Waals surface area contributed by atoms with Gasteiger partial charge in [0.05, 0.1) is 6.33 Å². The molecule has 114 valence electrons. The fourth-order valence-electron chi connectivity index (χ4n) is 2.49. The lowest BCUT2D eigenvalue weighted by molar-refractivity contribution is -0.121. The number of carbonyl (C=O) groups is 1. The summed E-state index contributed by atoms with van der Waals surface area (Å²) in [7, 11) is 0. The number of aromatic nitrogens is 3. The van der Waals surface area contributed by atoms with Crippen LogP contribution in [-0.4, -0.2) is 27.0 Å². The summed E-state index contributed by atoms with van der Waals surface area (Å²) in [4.78, 5) is 31.7. The van der Waals surface area contributed by atoms with Crippen molar-refractivity contribution in [2.45, 2.75) is 26.8 Å². The third-order valence-electron chi connectivity index (χ3n) is 3.61. The van der Waals surface area contributed by atoms with Gasteiger partial charge in [-0.1, -0.05) is 18.6 Å². The van der Waals surface area contributed by atoms with E-state index >= 15 is 0 Å². The van der Waals surface area contributed by atoms with Crippen LogP contribution in [-0.2, 0) is 11.3 Å². The average Bonchev–Trinajstić information content (AvgIpc) is 2.87. The molecule has 0 fully saturated rings. The molecule has 0 spiro atoms. The van der Waals surface area contributed by atoms with Crippen molar-refractivity contribution < 1.29 is 4.79 Å². The summed E-state index contributed by atoms with van der Waals surface area (Å²) >= 11 is 0. The number of fused-ring (bicyclic) bond motifs is 3. The number of rotatable bonds is 4. The Kier molecular flexibility index (Phi) is 3.66. The molecular formula is C16H18N4O2. The molecule has 1 aromatic carbocycles. The van der Waals surface area contributed by atoms with Gasteiger partial charge in [-0.3, -0.25) is 14.2 Å². The Morgan fingerprint density at radius 2 is 2.23 bits per heavy atom. The third-order valence-corrected chi connectivity index (χ3v) is 3.61. The Hall–Kier alpha value is -2.63. The Balaban J connectivity index is 2.04. The lowest BCUT2D eigenvalue weighted by Gasteiger charge is -2.05. The second-order valence-electron chi connectivity index (χ2n) is 5.43. The SMILES string of the molecule is CCCNC(=O)Cn1cnc2c([nH]c3ccc(C)cc32)c1=O. The molecule has 6 heteroatoms. The summed E-state index contributed by atoms with van der Waals surface area (Å²) < 4.78 is 1.33. The summed E-state index contributed by atoms with van der Waals surface area (Å²) in [5.41, 5.74) is 2.84. The van der Waals surface area contributed by atoms with Crippen molar-refractivity contribution in [1.82, 2.24) is 19.9 Å². The van der Waals surface area contributed by atoms with Crippen molar-refractivity contribution in [3.8, 4) is 0 Å². The molecular weight excluding hydrogens is 280 g/mol. The highest BCUT2D eigenvalue weighted by atomic mass is 16.2. The maximum atomic E-state index is 12.5. The molecule has 3 rings (SSSR count). The first-order valence-electron chi connectivity index (χ1n) is 7.34. The van der Waals surface area contributed by atoms with E-state index in [-0.39, 0.29) is 18.0 Å². The van der Waals surface area contributed by atoms with Gasteiger partial charge in [0, 0.05) is 17.4 Å². The van der Waals surface area contributed by atoms with Crippen LogP contribution in [0.5, 0.6) is 0 Å². The smallest absolute Gasteiger partial charge is 0.278 e. The number of amides is 1. The van der Waals surface area contributed by atoms with E-state index < -0.39 is 0 Å². The van der Waals surface area contributed by atoms with Gasteiger partial charge in [-0.2, -0.15) is 0 Å². The predicted molar refractivity (Wildman–Crippen MR) is 85.9 cm³/mol. The number of hydrogen-bond donors (Lipinski definition) is 2. The molecule has 0 radical (unpaired) electrons. The first kappa shape index (κ1) is 14.3. The predicted octanol–water partition coefficient (Wildman–Crippen LogP) is 1.71. The van der Waals surface area contributed by atoms with Gasteiger partial charge in [0.2, 0.25) is 5.91 Å². The topological polar surface area (TPSA) is 79.8 Å². The minimum atomic E-state index is -0.231. The molecule has 0 unspecified atom stereocenters. The lowest BCUT2D eigenvalue weighted by Crippen LogP contribution is -2.32. The molecule has 2 aromatic heterocycles. The number of benzene rings is 1. The monoisotopic (exact) mass is 298 g/mol. The Morgan fingerprint density at radius 1 is 1.41 bits per heavy atom. The molecule has 3 aromatic rings. The van der Waals surface area contributed by atoms with Gasteiger partial charge in [0.15, 0.2) is 0 Å². The summed E-state index contributed by atoms with van der Waals surface area (Å²) in [6.07, 6.45) is 2.30. The molecule has 2 heterocycles. The molecule has 0 saturated carbocycles. The molecule has 22 heavy (non-hydrogen) atoms. The molecule has 0 atom stereocenters. The van der Waals surface area contributed by atoms with Crippen LogP contribution in [0, 0.1) is 6.92 Å². The van der Waals surface area contributed by atoms with Crippen molar-refractivity contribution in [2.24, 2.45) is 0 Å². The summed E-state index contributed by atoms with van der Waals surface area (Å²) in [5.74, 6) is -0.183. The fraction of sp³-hybridized carbons (Fsp3) is 0.312. The maximum absolute atomic E-state index is 12.5. The standard InChI is InChI=1S/C16H18N4O2/c1-3-6-17-13(21)8-20-9-18-14-11-7-10(2)4-5-12(11)19-15(14)16(20)22/h4-5,7,9,19H,3,6,8H2,1-2H3,(H,17,21). The van der Waals surface area contributed by atoms with Crippen LogP contribution in [0.4, 0.5) is 0 Å². The number of nitrogens with one attached hydrogen (secondary N) is 2. The minimum Gasteiger partial charge on any atom is -0.355 e. The van der Waals surface area contributed by atoms with Gasteiger partial charge >= 0.3 is 0 Å². The van der Waals surface area contributed by atoms with Gasteiger partial charge in [-0.15, -0.1) is 0 Å². The number of hydrogen-bond acceptors (Lipinski definition) is 3. The van der Waals surface area contributed by atoms with Gasteiger partial charge < -0.3 is 10.3 Å². The molecule has 0 aliphatic rings. The van der Waals surface area contributed by atoms with E-state index in [1.54, 1.807) is 0 Å². The Labute approximate surface area is 127 Å². The summed E-state index contributed by atoms with van der Waals surface area (Å²) in [6.45, 7) is 4.56. The van der Waals surface area contributed by atoms with Crippen LogP contribution >= 0.6 is 0 Å². The number of nitrogens with zero attached hydrogens (tertiary/aromatic N) is 2. The van der Waals surface area contributed by atoms with Crippen LogP contribution in [0.25, 0.3) is 21.9 Å². The van der Waals surface area contributed by atoms with Crippen molar-refractivity contribution in [3.63, 3.8) is 0 Å². The van der Waals surface area contributed by atoms with E-state index in [1.807, 2.05) is 32.0 Å². The summed E-state index contributed by atoms with van der Waals surface area (Å²) in [6, 6.07) is 5.91. The number of carbonyl (C=O) groups excluding carboxylic acids is 1. The zero-order chi connectivity index (χ0) is 15.7. The van der Waals surface area contributed by atoms with Crippen LogP contribution in [0.15, 0.2) is 29.3 Å². The van der Waals surface area contributed by atoms with Crippen LogP contribution in [0.3, 0.4) is 0 Å².